The van der Waals surface area contributed by atoms with Crippen molar-refractivity contribution in [1.82, 2.24) is 39.5 Å². The van der Waals surface area contributed by atoms with E-state index in [1.807, 2.05) is 45.2 Å². The minimum Gasteiger partial charge on any atom is -0.380 e. The molecule has 13 aromatic rings. The fourth-order valence-corrected chi connectivity index (χ4v) is 26.9. The maximum absolute atomic E-state index is 13.2. The van der Waals surface area contributed by atoms with E-state index >= 15 is 0 Å². The maximum Gasteiger partial charge on any atom is 0.232 e. The number of rotatable bonds is 20. The van der Waals surface area contributed by atoms with Gasteiger partial charge in [-0.3, -0.25) is 0 Å². The second-order valence-electron chi connectivity index (χ2n) is 32.2. The van der Waals surface area contributed by atoms with Crippen LogP contribution in [-0.2, 0) is 77.6 Å². The number of aromatic nitrogens is 8. The molecule has 0 aliphatic carbocycles. The summed E-state index contributed by atoms with van der Waals surface area (Å²) in [6.45, 7) is 20.1. The van der Waals surface area contributed by atoms with Crippen molar-refractivity contribution < 1.29 is 70.5 Å². The summed E-state index contributed by atoms with van der Waals surface area (Å²) < 4.78 is 168. The summed E-state index contributed by atoms with van der Waals surface area (Å²) in [5.41, 5.74) is 25.3. The number of ether oxygens (including phenoxy) is 6. The number of morpholine rings is 4. The molecule has 6 aromatic heterocycles. The van der Waals surface area contributed by atoms with Gasteiger partial charge in [0.15, 0.2) is 24.8 Å². The number of benzene rings is 7. The number of hydrogen-bond acceptors (Lipinski definition) is 37. The number of nitrogen functional groups attached to an aromatic ring is 3. The number of nitrogens with zero attached hydrogens (tertiary/aromatic N) is 13. The van der Waals surface area contributed by atoms with Crippen molar-refractivity contribution in [3.63, 3.8) is 0 Å². The highest BCUT2D eigenvalue weighted by molar-refractivity contribution is 7.93. The van der Waals surface area contributed by atoms with E-state index in [9.17, 15) is 42.1 Å². The number of pyridine rings is 1. The number of anilines is 8. The Balaban J connectivity index is 0.000000122. The lowest BCUT2D eigenvalue weighted by molar-refractivity contribution is 0.122. The molecule has 0 spiro atoms. The molecule has 2 atom stereocenters. The summed E-state index contributed by atoms with van der Waals surface area (Å²) in [5, 5.41) is 10.9. The molecule has 20 rings (SSSR count). The molecule has 42 heteroatoms. The smallest absolute Gasteiger partial charge is 0.232 e. The molecule has 0 saturated carbocycles. The SMILES string of the molecule is Cc1nc(C)c(-c2cc(N3CCOCC3)cc(S(=O)(=O)C3CCOC3)c2)s1.Cc1ncc(-c2cc(N3CCOCC3)cc(S(=O)(=O)C3CCOC3)c2)s1.Nc1ncc(-c2cc(S(=O)(=O)c3ccccc3)cc(N3CCCCC3)n2)s1.Nc1nnc(-c2cc(N3CCOCC3)cc(S(=O)(=O)c3ccccc3)c2)s1.Nc1nsc(-c2cc(N3CCOCC3)cc(S(=O)(=O)c3ccccc3)c2)n1. The Labute approximate surface area is 799 Å². The molecule has 706 valence electrons. The van der Waals surface area contributed by atoms with Crippen LogP contribution in [0.25, 0.3) is 52.6 Å². The predicted octanol–water partition coefficient (Wildman–Crippen LogP) is 13.9. The van der Waals surface area contributed by atoms with E-state index in [4.69, 9.17) is 50.6 Å². The first kappa shape index (κ1) is 96.7. The Hall–Kier alpha value is -10.4. The molecule has 0 radical (unpaired) electrons. The van der Waals surface area contributed by atoms with Crippen molar-refractivity contribution in [2.45, 2.75) is 103 Å². The number of piperidine rings is 1. The Morgan fingerprint density at radius 3 is 1.17 bits per heavy atom. The lowest BCUT2D eigenvalue weighted by Gasteiger charge is -2.29. The molecule has 7 saturated heterocycles. The van der Waals surface area contributed by atoms with Gasteiger partial charge in [0.25, 0.3) is 0 Å². The zero-order valence-corrected chi connectivity index (χ0v) is 82.0. The summed E-state index contributed by atoms with van der Waals surface area (Å²) in [6.07, 6.45) is 7.92. The molecule has 7 aromatic carbocycles. The summed E-state index contributed by atoms with van der Waals surface area (Å²) in [6, 6.07) is 50.5. The zero-order valence-electron chi connectivity index (χ0n) is 73.8. The number of thiazole rings is 3. The van der Waals surface area contributed by atoms with Crippen molar-refractivity contribution in [2.75, 3.05) is 186 Å². The Morgan fingerprint density at radius 1 is 0.351 bits per heavy atom. The van der Waals surface area contributed by atoms with Crippen molar-refractivity contribution >= 4 is 151 Å². The summed E-state index contributed by atoms with van der Waals surface area (Å²) in [5.74, 6) is 0.868. The monoisotopic (exact) mass is 2010 g/mol. The zero-order chi connectivity index (χ0) is 93.7. The fourth-order valence-electron chi connectivity index (χ4n) is 16.1. The largest absolute Gasteiger partial charge is 0.380 e. The summed E-state index contributed by atoms with van der Waals surface area (Å²) in [7, 11) is -17.8. The number of aryl methyl sites for hydroxylation is 3. The predicted molar refractivity (Wildman–Crippen MR) is 525 cm³/mol. The Bertz CT molecular complexity index is 6430. The van der Waals surface area contributed by atoms with Crippen molar-refractivity contribution in [3.05, 3.63) is 204 Å². The highest BCUT2D eigenvalue weighted by atomic mass is 32.2. The molecule has 32 nitrogen and oxygen atoms in total. The van der Waals surface area contributed by atoms with Crippen LogP contribution >= 0.6 is 56.9 Å². The van der Waals surface area contributed by atoms with E-state index in [0.29, 0.717) is 158 Å². The van der Waals surface area contributed by atoms with Gasteiger partial charge in [-0.25, -0.2) is 62.0 Å². The lowest BCUT2D eigenvalue weighted by atomic mass is 10.1. The van der Waals surface area contributed by atoms with Gasteiger partial charge in [0.1, 0.15) is 15.8 Å². The van der Waals surface area contributed by atoms with E-state index in [0.717, 1.165) is 128 Å². The van der Waals surface area contributed by atoms with Crippen LogP contribution in [0.2, 0.25) is 0 Å². The van der Waals surface area contributed by atoms with Crippen LogP contribution in [0.15, 0.2) is 227 Å². The number of hydrogen-bond donors (Lipinski definition) is 3. The molecular weight excluding hydrogens is 1910 g/mol. The minimum absolute atomic E-state index is 0.180. The van der Waals surface area contributed by atoms with Gasteiger partial charge in [-0.2, -0.15) is 9.36 Å². The fraction of sp³-hybridized carbons (Fsp3) is 0.348. The highest BCUT2D eigenvalue weighted by Gasteiger charge is 2.36. The normalized spacial score (nSPS) is 17.4. The molecule has 134 heavy (non-hydrogen) atoms. The quantitative estimate of drug-likeness (QED) is 0.0638. The van der Waals surface area contributed by atoms with E-state index in [2.05, 4.69) is 71.1 Å². The molecule has 7 aliphatic rings. The molecule has 6 N–H and O–H groups in total. The Kier molecular flexibility index (Phi) is 31.3. The van der Waals surface area contributed by atoms with Crippen molar-refractivity contribution in [3.8, 4) is 52.6 Å². The molecule has 0 bridgehead atoms. The molecule has 7 aliphatic heterocycles. The third kappa shape index (κ3) is 23.3. The molecule has 13 heterocycles. The van der Waals surface area contributed by atoms with Crippen LogP contribution in [-0.4, -0.2) is 237 Å². The van der Waals surface area contributed by atoms with E-state index in [1.165, 1.54) is 29.1 Å². The third-order valence-corrected chi connectivity index (χ3v) is 37.2. The molecule has 2 unspecified atom stereocenters. The standard InChI is InChI=1S/C19H20N4O2S2.C19H24N2O4S2.2C18H18N4O3S2.C18H22N2O4S2/c20-19-21-13-17(26-19)16-11-15(27(24,25)14-7-3-1-4-8-14)12-18(22-16)23-9-5-2-6-10-23;1-13-19(26-14(2)20-13)15-9-16(21-4-7-24-8-5-21)11-18(10-15)27(22,23)17-3-6-25-12-17;19-18-21-20-17(26-18)13-10-14(22-6-8-25-9-7-22)12-16(11-13)27(23,24)15-4-2-1-3-5-15;19-18-20-17(26-21-18)13-10-14(22-6-8-25-9-7-22)12-16(11-13)27(23,24)15-4-2-1-3-5-15;1-13-19-11-18(25-13)14-8-15(20-3-6-23-7-4-20)10-17(9-14)26(21,22)16-2-5-24-12-16/h1,3-4,7-8,11-13H,2,5-6,9-10H2,(H2,20,21);9-11,17H,3-8,12H2,1-2H3;2*1-5,10-12H,6-9H2,(H2,19,21);8-11,16H,2-7,12H2,1H3. The van der Waals surface area contributed by atoms with Crippen LogP contribution in [0.5, 0.6) is 0 Å². The van der Waals surface area contributed by atoms with Crippen LogP contribution in [0.3, 0.4) is 0 Å². The molecule has 7 fully saturated rings. The van der Waals surface area contributed by atoms with Crippen LogP contribution in [0.4, 0.5) is 44.8 Å². The van der Waals surface area contributed by atoms with E-state index in [1.54, 1.807) is 174 Å². The van der Waals surface area contributed by atoms with Gasteiger partial charge in [0, 0.05) is 125 Å². The van der Waals surface area contributed by atoms with E-state index < -0.39 is 59.7 Å². The van der Waals surface area contributed by atoms with Crippen molar-refractivity contribution in [2.24, 2.45) is 0 Å². The van der Waals surface area contributed by atoms with Gasteiger partial charge in [0.05, 0.1) is 152 Å². The topological polar surface area (TPSA) is 423 Å². The van der Waals surface area contributed by atoms with Gasteiger partial charge in [-0.1, -0.05) is 77.3 Å². The van der Waals surface area contributed by atoms with Gasteiger partial charge in [0.2, 0.25) is 40.6 Å². The highest BCUT2D eigenvalue weighted by Crippen LogP contribution is 2.42. The second kappa shape index (κ2) is 43.3. The lowest BCUT2D eigenvalue weighted by Crippen LogP contribution is -2.36. The molecule has 0 amide bonds. The van der Waals surface area contributed by atoms with Crippen LogP contribution in [0.1, 0.15) is 47.8 Å². The second-order valence-corrected chi connectivity index (χ2v) is 47.8. The first-order valence-electron chi connectivity index (χ1n) is 43.6. The first-order chi connectivity index (χ1) is 64.6. The average molecular weight is 2010 g/mol. The van der Waals surface area contributed by atoms with Crippen LogP contribution < -0.4 is 41.7 Å². The maximum atomic E-state index is 13.2. The summed E-state index contributed by atoms with van der Waals surface area (Å²) in [4.78, 5) is 37.6. The number of nitrogens with two attached hydrogens (primary N) is 3. The van der Waals surface area contributed by atoms with E-state index in [-0.39, 0.29) is 48.5 Å². The van der Waals surface area contributed by atoms with Gasteiger partial charge in [-0.05, 0) is 197 Å². The number of sulfone groups is 5. The van der Waals surface area contributed by atoms with Gasteiger partial charge >= 0.3 is 0 Å². The van der Waals surface area contributed by atoms with Gasteiger partial charge < -0.3 is 70.1 Å². The van der Waals surface area contributed by atoms with Crippen LogP contribution in [0, 0.1) is 20.8 Å². The minimum atomic E-state index is -3.66. The third-order valence-electron chi connectivity index (χ3n) is 23.2. The first-order valence-corrected chi connectivity index (χ1v) is 55.2. The molecular formula is C92H102N16O16S10. The average Bonchev–Trinajstić information content (AvgIpc) is 1.57. The summed E-state index contributed by atoms with van der Waals surface area (Å²) >= 11 is 6.85. The Morgan fingerprint density at radius 2 is 0.776 bits per heavy atom. The van der Waals surface area contributed by atoms with Gasteiger partial charge in [-0.15, -0.1) is 32.9 Å². The van der Waals surface area contributed by atoms with Crippen molar-refractivity contribution in [1.29, 1.82) is 0 Å².